The van der Waals surface area contributed by atoms with Crippen molar-refractivity contribution >= 4 is 0 Å². The molecule has 0 saturated carbocycles. The maximum Gasteiger partial charge on any atom is 0.416 e. The van der Waals surface area contributed by atoms with E-state index in [1.165, 1.54) is 12.1 Å². The quantitative estimate of drug-likeness (QED) is 0.738. The zero-order valence-corrected chi connectivity index (χ0v) is 13.5. The minimum absolute atomic E-state index is 0.0881. The second kappa shape index (κ2) is 6.54. The molecule has 1 fully saturated rings. The normalized spacial score (nSPS) is 20.4. The van der Waals surface area contributed by atoms with Gasteiger partial charge in [0.1, 0.15) is 6.04 Å². The average molecular weight is 360 g/mol. The van der Waals surface area contributed by atoms with E-state index in [0.29, 0.717) is 12.3 Å². The summed E-state index contributed by atoms with van der Waals surface area (Å²) in [6.45, 7) is 0. The number of nitrogens with zero attached hydrogens (tertiary/aromatic N) is 2. The zero-order chi connectivity index (χ0) is 18.1. The second-order valence-electron chi connectivity index (χ2n) is 6.08. The highest BCUT2D eigenvalue weighted by molar-refractivity contribution is 5.55. The molecule has 8 heteroatoms. The van der Waals surface area contributed by atoms with E-state index in [4.69, 9.17) is 4.52 Å². The molecule has 26 heavy (non-hydrogen) atoms. The van der Waals surface area contributed by atoms with Crippen molar-refractivity contribution in [2.75, 3.05) is 0 Å². The molecule has 0 amide bonds. The number of hydrogen-bond donors (Lipinski definition) is 2. The van der Waals surface area contributed by atoms with Gasteiger partial charge in [-0.25, -0.2) is 10.9 Å². The number of nitrogens with one attached hydrogen (secondary N) is 2. The lowest BCUT2D eigenvalue weighted by Crippen LogP contribution is -2.26. The number of aromatic nitrogens is 2. The summed E-state index contributed by atoms with van der Waals surface area (Å²) in [5, 5.41) is 3.83. The summed E-state index contributed by atoms with van der Waals surface area (Å²) in [7, 11) is 0. The molecule has 5 nitrogen and oxygen atoms in total. The fourth-order valence-electron chi connectivity index (χ4n) is 2.95. The van der Waals surface area contributed by atoms with E-state index in [1.807, 2.05) is 30.3 Å². The standard InChI is InChI=1S/C18H15F3N4O/c19-18(20,21)13-8-4-7-12(9-13)16-22-17(26-25-16)15-10-14(23-24-15)11-5-2-1-3-6-11/h1-9,14-15,23-24H,10H2. The summed E-state index contributed by atoms with van der Waals surface area (Å²) < 4.78 is 43.8. The van der Waals surface area contributed by atoms with Crippen LogP contribution in [0.5, 0.6) is 0 Å². The smallest absolute Gasteiger partial charge is 0.337 e. The predicted molar refractivity (Wildman–Crippen MR) is 87.5 cm³/mol. The van der Waals surface area contributed by atoms with Crippen LogP contribution in [0.15, 0.2) is 59.1 Å². The van der Waals surface area contributed by atoms with Gasteiger partial charge < -0.3 is 4.52 Å². The SMILES string of the molecule is FC(F)(F)c1cccc(-c2noc(C3CC(c4ccccc4)NN3)n2)c1. The first-order chi connectivity index (χ1) is 12.5. The van der Waals surface area contributed by atoms with E-state index in [2.05, 4.69) is 21.0 Å². The van der Waals surface area contributed by atoms with Crippen LogP contribution >= 0.6 is 0 Å². The Bertz CT molecular complexity index is 895. The number of hydrogen-bond acceptors (Lipinski definition) is 5. The molecule has 4 rings (SSSR count). The predicted octanol–water partition coefficient (Wildman–Crippen LogP) is 4.04. The Morgan fingerprint density at radius 3 is 2.50 bits per heavy atom. The van der Waals surface area contributed by atoms with Crippen molar-refractivity contribution in [3.8, 4) is 11.4 Å². The minimum Gasteiger partial charge on any atom is -0.337 e. The van der Waals surface area contributed by atoms with E-state index in [0.717, 1.165) is 17.7 Å². The van der Waals surface area contributed by atoms with Gasteiger partial charge in [0.15, 0.2) is 0 Å². The Balaban J connectivity index is 1.52. The van der Waals surface area contributed by atoms with Crippen molar-refractivity contribution in [3.05, 3.63) is 71.6 Å². The van der Waals surface area contributed by atoms with Crippen LogP contribution < -0.4 is 10.9 Å². The van der Waals surface area contributed by atoms with Crippen LogP contribution in [0.1, 0.15) is 35.5 Å². The third-order valence-electron chi connectivity index (χ3n) is 4.29. The highest BCUT2D eigenvalue weighted by Gasteiger charge is 2.32. The summed E-state index contributed by atoms with van der Waals surface area (Å²) in [6.07, 6.45) is -3.73. The molecule has 0 bridgehead atoms. The molecule has 0 aliphatic carbocycles. The number of benzene rings is 2. The summed E-state index contributed by atoms with van der Waals surface area (Å²) in [6, 6.07) is 14.7. The van der Waals surface area contributed by atoms with Gasteiger partial charge in [0.05, 0.1) is 5.56 Å². The molecular weight excluding hydrogens is 345 g/mol. The molecule has 1 aromatic heterocycles. The van der Waals surface area contributed by atoms with Gasteiger partial charge in [-0.1, -0.05) is 47.6 Å². The molecule has 1 saturated heterocycles. The number of hydrazine groups is 1. The van der Waals surface area contributed by atoms with Gasteiger partial charge in [0, 0.05) is 11.6 Å². The van der Waals surface area contributed by atoms with Crippen LogP contribution in [-0.4, -0.2) is 10.1 Å². The topological polar surface area (TPSA) is 63.0 Å². The first kappa shape index (κ1) is 16.7. The molecule has 2 unspecified atom stereocenters. The van der Waals surface area contributed by atoms with Gasteiger partial charge >= 0.3 is 6.18 Å². The van der Waals surface area contributed by atoms with Crippen molar-refractivity contribution in [2.24, 2.45) is 0 Å². The lowest BCUT2D eigenvalue weighted by molar-refractivity contribution is -0.137. The van der Waals surface area contributed by atoms with Crippen LogP contribution in [0.3, 0.4) is 0 Å². The van der Waals surface area contributed by atoms with E-state index in [1.54, 1.807) is 0 Å². The lowest BCUT2D eigenvalue weighted by Gasteiger charge is -2.08. The van der Waals surface area contributed by atoms with Crippen LogP contribution in [0, 0.1) is 0 Å². The number of rotatable bonds is 3. The van der Waals surface area contributed by atoms with Crippen molar-refractivity contribution in [2.45, 2.75) is 24.7 Å². The van der Waals surface area contributed by atoms with E-state index < -0.39 is 11.7 Å². The fraction of sp³-hybridized carbons (Fsp3) is 0.222. The van der Waals surface area contributed by atoms with Gasteiger partial charge in [0.25, 0.3) is 0 Å². The zero-order valence-electron chi connectivity index (χ0n) is 13.5. The maximum atomic E-state index is 12.9. The van der Waals surface area contributed by atoms with Crippen molar-refractivity contribution in [3.63, 3.8) is 0 Å². The Hall–Kier alpha value is -2.71. The second-order valence-corrected chi connectivity index (χ2v) is 6.08. The van der Waals surface area contributed by atoms with Gasteiger partial charge in [-0.2, -0.15) is 18.2 Å². The van der Waals surface area contributed by atoms with Crippen molar-refractivity contribution < 1.29 is 17.7 Å². The molecule has 2 aromatic carbocycles. The van der Waals surface area contributed by atoms with Crippen LogP contribution in [0.25, 0.3) is 11.4 Å². The third kappa shape index (κ3) is 3.33. The Kier molecular flexibility index (Phi) is 4.21. The fourth-order valence-corrected chi connectivity index (χ4v) is 2.95. The Morgan fingerprint density at radius 1 is 0.962 bits per heavy atom. The summed E-state index contributed by atoms with van der Waals surface area (Å²) in [5.74, 6) is 0.472. The molecule has 2 heterocycles. The molecule has 3 aromatic rings. The molecule has 0 radical (unpaired) electrons. The summed E-state index contributed by atoms with van der Waals surface area (Å²) in [4.78, 5) is 4.27. The van der Waals surface area contributed by atoms with E-state index in [-0.39, 0.29) is 23.5 Å². The van der Waals surface area contributed by atoms with Crippen molar-refractivity contribution in [1.82, 2.24) is 21.0 Å². The van der Waals surface area contributed by atoms with Gasteiger partial charge in [-0.15, -0.1) is 0 Å². The molecule has 134 valence electrons. The third-order valence-corrected chi connectivity index (χ3v) is 4.29. The Morgan fingerprint density at radius 2 is 1.73 bits per heavy atom. The van der Waals surface area contributed by atoms with Gasteiger partial charge in [-0.05, 0) is 24.1 Å². The first-order valence-corrected chi connectivity index (χ1v) is 8.08. The van der Waals surface area contributed by atoms with Crippen molar-refractivity contribution in [1.29, 1.82) is 0 Å². The van der Waals surface area contributed by atoms with Gasteiger partial charge in [-0.3, -0.25) is 0 Å². The monoisotopic (exact) mass is 360 g/mol. The van der Waals surface area contributed by atoms with E-state index >= 15 is 0 Å². The van der Waals surface area contributed by atoms with Crippen LogP contribution in [0.2, 0.25) is 0 Å². The molecule has 2 N–H and O–H groups in total. The summed E-state index contributed by atoms with van der Waals surface area (Å²) >= 11 is 0. The molecule has 1 aliphatic rings. The largest absolute Gasteiger partial charge is 0.416 e. The van der Waals surface area contributed by atoms with Crippen LogP contribution in [-0.2, 0) is 6.18 Å². The highest BCUT2D eigenvalue weighted by Crippen LogP contribution is 2.33. The molecule has 0 spiro atoms. The van der Waals surface area contributed by atoms with Gasteiger partial charge in [0.2, 0.25) is 11.7 Å². The number of alkyl halides is 3. The maximum absolute atomic E-state index is 12.9. The number of halogens is 3. The van der Waals surface area contributed by atoms with E-state index in [9.17, 15) is 13.2 Å². The highest BCUT2D eigenvalue weighted by atomic mass is 19.4. The summed E-state index contributed by atoms with van der Waals surface area (Å²) in [5.41, 5.74) is 6.91. The molecule has 2 atom stereocenters. The first-order valence-electron chi connectivity index (χ1n) is 8.08. The lowest BCUT2D eigenvalue weighted by atomic mass is 10.0. The molecular formula is C18H15F3N4O. The minimum atomic E-state index is -4.41. The van der Waals surface area contributed by atoms with Crippen LogP contribution in [0.4, 0.5) is 13.2 Å². The molecule has 1 aliphatic heterocycles. The Labute approximate surface area is 147 Å². The average Bonchev–Trinajstić information content (AvgIpc) is 3.31.